The van der Waals surface area contributed by atoms with Crippen LogP contribution in [0.3, 0.4) is 0 Å². The predicted octanol–water partition coefficient (Wildman–Crippen LogP) is 9.38. The molecule has 2 unspecified atom stereocenters. The summed E-state index contributed by atoms with van der Waals surface area (Å²) in [5.41, 5.74) is 0. The standard InChI is InChI=1S/C34H70NO7P/c1-6-8-10-11-12-13-14-15-16-17-18-19-20-21-22-23-24-25-26-29-39-31-33(42-34(36)27-9-7-2)32-41-43(37,38)40-30-28-35(3,4)5/h33H,6-32H2,1-5H3/p+1. The van der Waals surface area contributed by atoms with Crippen LogP contribution in [0, 0.1) is 0 Å². The van der Waals surface area contributed by atoms with Gasteiger partial charge in [0.1, 0.15) is 19.3 Å². The van der Waals surface area contributed by atoms with Gasteiger partial charge in [-0.05, 0) is 12.8 Å². The number of likely N-dealkylation sites (N-methyl/N-ethyl adjacent to an activating group) is 1. The number of phosphoric ester groups is 1. The van der Waals surface area contributed by atoms with E-state index in [9.17, 15) is 14.3 Å². The summed E-state index contributed by atoms with van der Waals surface area (Å²) in [6.45, 7) is 5.40. The molecule has 0 aromatic heterocycles. The summed E-state index contributed by atoms with van der Waals surface area (Å²) in [6, 6.07) is 0. The third kappa shape index (κ3) is 32.7. The summed E-state index contributed by atoms with van der Waals surface area (Å²) in [7, 11) is 1.67. The summed E-state index contributed by atoms with van der Waals surface area (Å²) in [4.78, 5) is 22.1. The van der Waals surface area contributed by atoms with Gasteiger partial charge in [-0.1, -0.05) is 136 Å². The maximum absolute atomic E-state index is 12.2. The molecule has 0 radical (unpaired) electrons. The molecule has 43 heavy (non-hydrogen) atoms. The smallest absolute Gasteiger partial charge is 0.457 e. The van der Waals surface area contributed by atoms with E-state index < -0.39 is 13.9 Å². The van der Waals surface area contributed by atoms with Crippen LogP contribution < -0.4 is 0 Å². The minimum atomic E-state index is -4.24. The number of esters is 1. The number of ether oxygens (including phenoxy) is 2. The van der Waals surface area contributed by atoms with E-state index in [-0.39, 0.29) is 25.8 Å². The Labute approximate surface area is 266 Å². The summed E-state index contributed by atoms with van der Waals surface area (Å²) in [5.74, 6) is -0.346. The highest BCUT2D eigenvalue weighted by Crippen LogP contribution is 2.43. The first kappa shape index (κ1) is 42.5. The number of unbranched alkanes of at least 4 members (excludes halogenated alkanes) is 19. The molecular formula is C34H71NO7P+. The molecule has 258 valence electrons. The number of phosphoric acid groups is 1. The number of rotatable bonds is 33. The summed E-state index contributed by atoms with van der Waals surface area (Å²) in [6.07, 6.45) is 26.7. The van der Waals surface area contributed by atoms with E-state index in [0.717, 1.165) is 25.7 Å². The van der Waals surface area contributed by atoms with Crippen molar-refractivity contribution in [3.05, 3.63) is 0 Å². The van der Waals surface area contributed by atoms with E-state index in [1.807, 2.05) is 28.1 Å². The van der Waals surface area contributed by atoms with Crippen molar-refractivity contribution in [2.75, 3.05) is 54.1 Å². The van der Waals surface area contributed by atoms with E-state index in [1.54, 1.807) is 0 Å². The molecule has 0 heterocycles. The van der Waals surface area contributed by atoms with E-state index >= 15 is 0 Å². The first-order valence-corrected chi connectivity index (χ1v) is 19.3. The molecule has 0 rings (SSSR count). The van der Waals surface area contributed by atoms with Crippen LogP contribution in [-0.4, -0.2) is 75.6 Å². The van der Waals surface area contributed by atoms with Gasteiger partial charge in [0, 0.05) is 13.0 Å². The molecule has 0 aliphatic rings. The Morgan fingerprint density at radius 2 is 1.07 bits per heavy atom. The molecule has 1 N–H and O–H groups in total. The van der Waals surface area contributed by atoms with Crippen molar-refractivity contribution in [2.24, 2.45) is 0 Å². The third-order valence-electron chi connectivity index (χ3n) is 7.67. The van der Waals surface area contributed by atoms with E-state index in [2.05, 4.69) is 6.92 Å². The number of hydrogen-bond donors (Lipinski definition) is 1. The van der Waals surface area contributed by atoms with Gasteiger partial charge in [0.2, 0.25) is 0 Å². The van der Waals surface area contributed by atoms with Crippen molar-refractivity contribution in [3.8, 4) is 0 Å². The molecule has 2 atom stereocenters. The molecule has 0 spiro atoms. The molecule has 0 amide bonds. The molecule has 0 bridgehead atoms. The van der Waals surface area contributed by atoms with Crippen molar-refractivity contribution in [3.63, 3.8) is 0 Å². The van der Waals surface area contributed by atoms with Gasteiger partial charge in [0.05, 0.1) is 34.4 Å². The predicted molar refractivity (Wildman–Crippen MR) is 178 cm³/mol. The highest BCUT2D eigenvalue weighted by molar-refractivity contribution is 7.47. The van der Waals surface area contributed by atoms with Gasteiger partial charge in [-0.25, -0.2) is 4.57 Å². The second-order valence-electron chi connectivity index (χ2n) is 13.3. The van der Waals surface area contributed by atoms with Crippen LogP contribution in [0.15, 0.2) is 0 Å². The summed E-state index contributed by atoms with van der Waals surface area (Å²) in [5, 5.41) is 0. The Morgan fingerprint density at radius 3 is 1.51 bits per heavy atom. The number of hydrogen-bond acceptors (Lipinski definition) is 6. The van der Waals surface area contributed by atoms with Crippen LogP contribution in [0.25, 0.3) is 0 Å². The lowest BCUT2D eigenvalue weighted by molar-refractivity contribution is -0.870. The Balaban J connectivity index is 3.85. The van der Waals surface area contributed by atoms with Gasteiger partial charge in [-0.3, -0.25) is 13.8 Å². The normalized spacial score (nSPS) is 14.1. The minimum absolute atomic E-state index is 0.0914. The summed E-state index contributed by atoms with van der Waals surface area (Å²) >= 11 is 0. The van der Waals surface area contributed by atoms with E-state index in [0.29, 0.717) is 24.1 Å². The van der Waals surface area contributed by atoms with Crippen LogP contribution in [0.5, 0.6) is 0 Å². The maximum atomic E-state index is 12.2. The van der Waals surface area contributed by atoms with Crippen molar-refractivity contribution in [1.29, 1.82) is 0 Å². The third-order valence-corrected chi connectivity index (χ3v) is 8.65. The lowest BCUT2D eigenvalue weighted by Gasteiger charge is -2.24. The van der Waals surface area contributed by atoms with Gasteiger partial charge in [0.15, 0.2) is 0 Å². The van der Waals surface area contributed by atoms with Gasteiger partial charge < -0.3 is 18.9 Å². The monoisotopic (exact) mass is 636 g/mol. The average molecular weight is 637 g/mol. The lowest BCUT2D eigenvalue weighted by Crippen LogP contribution is -2.37. The first-order chi connectivity index (χ1) is 20.6. The van der Waals surface area contributed by atoms with Crippen LogP contribution in [0.2, 0.25) is 0 Å². The zero-order valence-corrected chi connectivity index (χ0v) is 29.9. The Morgan fingerprint density at radius 1 is 0.628 bits per heavy atom. The zero-order valence-electron chi connectivity index (χ0n) is 29.0. The number of nitrogens with zero attached hydrogens (tertiary/aromatic N) is 1. The molecule has 0 fully saturated rings. The quantitative estimate of drug-likeness (QED) is 0.0332. The Bertz CT molecular complexity index is 672. The molecule has 9 heteroatoms. The highest BCUT2D eigenvalue weighted by Gasteiger charge is 2.26. The fraction of sp³-hybridized carbons (Fsp3) is 0.971. The van der Waals surface area contributed by atoms with Crippen LogP contribution in [-0.2, 0) is 27.9 Å². The Kier molecular flexibility index (Phi) is 28.6. The molecule has 0 saturated heterocycles. The lowest BCUT2D eigenvalue weighted by atomic mass is 10.0. The van der Waals surface area contributed by atoms with Crippen LogP contribution in [0.1, 0.15) is 155 Å². The SMILES string of the molecule is CCCCCCCCCCCCCCCCCCCCCOCC(COP(=O)(O)OCC[N+](C)(C)C)OC(=O)CCCC. The van der Waals surface area contributed by atoms with Crippen molar-refractivity contribution in [1.82, 2.24) is 0 Å². The van der Waals surface area contributed by atoms with Gasteiger partial charge in [-0.2, -0.15) is 0 Å². The van der Waals surface area contributed by atoms with Crippen LogP contribution in [0.4, 0.5) is 0 Å². The number of carbonyl (C=O) groups is 1. The van der Waals surface area contributed by atoms with Gasteiger partial charge in [-0.15, -0.1) is 0 Å². The molecule has 0 aliphatic carbocycles. The Hall–Kier alpha value is -0.500. The van der Waals surface area contributed by atoms with Crippen molar-refractivity contribution < 1.29 is 37.3 Å². The molecular weight excluding hydrogens is 565 g/mol. The molecule has 0 aromatic rings. The maximum Gasteiger partial charge on any atom is 0.472 e. The summed E-state index contributed by atoms with van der Waals surface area (Å²) < 4.78 is 34.3. The molecule has 0 aromatic carbocycles. The van der Waals surface area contributed by atoms with E-state index in [1.165, 1.54) is 109 Å². The van der Waals surface area contributed by atoms with Crippen LogP contribution >= 0.6 is 7.82 Å². The second kappa shape index (κ2) is 28.9. The van der Waals surface area contributed by atoms with Crippen molar-refractivity contribution in [2.45, 2.75) is 161 Å². The van der Waals surface area contributed by atoms with E-state index in [4.69, 9.17) is 18.5 Å². The molecule has 0 aliphatic heterocycles. The molecule has 0 saturated carbocycles. The minimum Gasteiger partial charge on any atom is -0.457 e. The fourth-order valence-electron chi connectivity index (χ4n) is 4.82. The number of carbonyl (C=O) groups excluding carboxylic acids is 1. The van der Waals surface area contributed by atoms with Gasteiger partial charge in [0.25, 0.3) is 0 Å². The fourth-order valence-corrected chi connectivity index (χ4v) is 5.57. The second-order valence-corrected chi connectivity index (χ2v) is 14.7. The zero-order chi connectivity index (χ0) is 32.1. The first-order valence-electron chi connectivity index (χ1n) is 17.8. The topological polar surface area (TPSA) is 91.3 Å². The average Bonchev–Trinajstić information content (AvgIpc) is 2.94. The largest absolute Gasteiger partial charge is 0.472 e. The highest BCUT2D eigenvalue weighted by atomic mass is 31.2. The van der Waals surface area contributed by atoms with Crippen molar-refractivity contribution >= 4 is 13.8 Å². The molecule has 8 nitrogen and oxygen atoms in total. The number of quaternary nitrogens is 1. The van der Waals surface area contributed by atoms with Gasteiger partial charge >= 0.3 is 13.8 Å².